The summed E-state index contributed by atoms with van der Waals surface area (Å²) in [5, 5.41) is 7.46. The molecule has 0 amide bonds. The molecule has 0 aliphatic heterocycles. The molecule has 12 rings (SSSR count). The van der Waals surface area contributed by atoms with Crippen molar-refractivity contribution in [2.45, 2.75) is 5.41 Å². The Morgan fingerprint density at radius 3 is 1.51 bits per heavy atom. The molecule has 2 aliphatic rings. The van der Waals surface area contributed by atoms with Crippen molar-refractivity contribution in [3.8, 4) is 55.9 Å². The predicted molar refractivity (Wildman–Crippen MR) is 227 cm³/mol. The molecule has 1 unspecified atom stereocenters. The van der Waals surface area contributed by atoms with Gasteiger partial charge in [0.2, 0.25) is 0 Å². The van der Waals surface area contributed by atoms with Crippen LogP contribution in [0, 0.1) is 0 Å². The quantitative estimate of drug-likeness (QED) is 0.184. The lowest BCUT2D eigenvalue weighted by Gasteiger charge is -2.30. The van der Waals surface area contributed by atoms with E-state index in [9.17, 15) is 0 Å². The molecular weight excluding hydrogens is 665 g/mol. The van der Waals surface area contributed by atoms with Gasteiger partial charge in [0.05, 0.1) is 16.8 Å². The molecule has 254 valence electrons. The fourth-order valence-electron chi connectivity index (χ4n) is 9.71. The number of hydrogen-bond acceptors (Lipinski definition) is 2. The summed E-state index contributed by atoms with van der Waals surface area (Å²) in [5.41, 5.74) is 16.3. The van der Waals surface area contributed by atoms with Gasteiger partial charge >= 0.3 is 0 Å². The Balaban J connectivity index is 0.962. The van der Waals surface area contributed by atoms with Crippen molar-refractivity contribution >= 4 is 32.3 Å². The lowest BCUT2D eigenvalue weighted by atomic mass is 9.71. The first-order chi connectivity index (χ1) is 27.3. The first-order valence-electron chi connectivity index (χ1n) is 19.0. The van der Waals surface area contributed by atoms with Gasteiger partial charge in [-0.25, -0.2) is 0 Å². The number of pyridine rings is 2. The third kappa shape index (κ3) is 4.25. The number of nitrogens with zero attached hydrogens (tertiary/aromatic N) is 2. The van der Waals surface area contributed by atoms with Crippen LogP contribution in [0.25, 0.3) is 88.2 Å². The molecule has 0 saturated carbocycles. The fourth-order valence-corrected chi connectivity index (χ4v) is 9.71. The first kappa shape index (κ1) is 30.3. The van der Waals surface area contributed by atoms with Crippen LogP contribution >= 0.6 is 0 Å². The Morgan fingerprint density at radius 2 is 0.818 bits per heavy atom. The summed E-state index contributed by atoms with van der Waals surface area (Å²) in [6, 6.07) is 66.7. The number of hydrogen-bond donors (Lipinski definition) is 0. The molecule has 2 heteroatoms. The van der Waals surface area contributed by atoms with Gasteiger partial charge in [-0.2, -0.15) is 0 Å². The van der Waals surface area contributed by atoms with Crippen molar-refractivity contribution in [3.63, 3.8) is 0 Å². The molecule has 10 aromatic rings. The highest BCUT2D eigenvalue weighted by Crippen LogP contribution is 2.62. The number of fused-ring (bicyclic) bond motifs is 13. The van der Waals surface area contributed by atoms with E-state index in [1.165, 1.54) is 88.0 Å². The van der Waals surface area contributed by atoms with E-state index in [4.69, 9.17) is 9.97 Å². The van der Waals surface area contributed by atoms with Crippen molar-refractivity contribution in [1.29, 1.82) is 0 Å². The second kappa shape index (κ2) is 11.4. The van der Waals surface area contributed by atoms with Gasteiger partial charge in [0, 0.05) is 29.1 Å². The van der Waals surface area contributed by atoms with Gasteiger partial charge in [-0.05, 0) is 113 Å². The summed E-state index contributed by atoms with van der Waals surface area (Å²) in [6.07, 6.45) is 3.97. The highest BCUT2D eigenvalue weighted by molar-refractivity contribution is 6.06. The minimum absolute atomic E-state index is 0.465. The first-order valence-corrected chi connectivity index (χ1v) is 19.0. The largest absolute Gasteiger partial charge is 0.256 e. The Bertz CT molecular complexity index is 3160. The van der Waals surface area contributed by atoms with E-state index >= 15 is 0 Å². The van der Waals surface area contributed by atoms with Crippen LogP contribution in [-0.2, 0) is 5.41 Å². The maximum absolute atomic E-state index is 5.23. The van der Waals surface area contributed by atoms with Crippen LogP contribution < -0.4 is 0 Å². The standard InChI is InChI=1S/C53H32N2/c1-2-11-34-29-38(25-21-33(34)10-1)41-14-7-17-44-42(15-8-16-43(41)44)39-26-24-35-28-37(23-22-36(35)30-39)40-31-50-52(55-32-40)46-13-4-6-19-48(46)53(50)47-18-5-3-12-45(47)51-49(53)20-9-27-54-51/h1-32H. The van der Waals surface area contributed by atoms with Gasteiger partial charge in [-0.3, -0.25) is 9.97 Å². The molecule has 55 heavy (non-hydrogen) atoms. The zero-order valence-electron chi connectivity index (χ0n) is 29.9. The third-order valence-electron chi connectivity index (χ3n) is 12.1. The van der Waals surface area contributed by atoms with Gasteiger partial charge in [0.15, 0.2) is 0 Å². The van der Waals surface area contributed by atoms with E-state index in [1.807, 2.05) is 6.20 Å². The smallest absolute Gasteiger partial charge is 0.0757 e. The number of aromatic nitrogens is 2. The van der Waals surface area contributed by atoms with Crippen LogP contribution in [0.3, 0.4) is 0 Å². The van der Waals surface area contributed by atoms with Crippen LogP contribution in [0.5, 0.6) is 0 Å². The van der Waals surface area contributed by atoms with Crippen LogP contribution in [0.2, 0.25) is 0 Å². The molecule has 2 aromatic heterocycles. The fraction of sp³-hybridized carbons (Fsp3) is 0.0189. The van der Waals surface area contributed by atoms with Gasteiger partial charge in [0.1, 0.15) is 0 Å². The summed E-state index contributed by atoms with van der Waals surface area (Å²) in [7, 11) is 0. The Morgan fingerprint density at radius 1 is 0.309 bits per heavy atom. The zero-order chi connectivity index (χ0) is 36.1. The molecule has 1 atom stereocenters. The second-order valence-electron chi connectivity index (χ2n) is 14.9. The molecule has 0 fully saturated rings. The van der Waals surface area contributed by atoms with E-state index in [-0.39, 0.29) is 0 Å². The van der Waals surface area contributed by atoms with Crippen LogP contribution in [-0.4, -0.2) is 9.97 Å². The van der Waals surface area contributed by atoms with E-state index < -0.39 is 5.41 Å². The molecule has 0 saturated heterocycles. The Kier molecular flexibility index (Phi) is 6.29. The lowest BCUT2D eigenvalue weighted by molar-refractivity contribution is 0.789. The summed E-state index contributed by atoms with van der Waals surface area (Å²) >= 11 is 0. The zero-order valence-corrected chi connectivity index (χ0v) is 29.9. The molecular formula is C53H32N2. The monoisotopic (exact) mass is 696 g/mol. The molecule has 0 bridgehead atoms. The van der Waals surface area contributed by atoms with E-state index in [1.54, 1.807) is 0 Å². The highest BCUT2D eigenvalue weighted by Gasteiger charge is 2.52. The van der Waals surface area contributed by atoms with Crippen LogP contribution in [0.1, 0.15) is 22.3 Å². The van der Waals surface area contributed by atoms with Crippen molar-refractivity contribution in [3.05, 3.63) is 217 Å². The molecule has 0 radical (unpaired) electrons. The van der Waals surface area contributed by atoms with Crippen molar-refractivity contribution in [1.82, 2.24) is 9.97 Å². The summed E-state index contributed by atoms with van der Waals surface area (Å²) in [4.78, 5) is 10.2. The average Bonchev–Trinajstić information content (AvgIpc) is 3.72. The van der Waals surface area contributed by atoms with Crippen molar-refractivity contribution in [2.75, 3.05) is 0 Å². The molecule has 2 heterocycles. The molecule has 8 aromatic carbocycles. The van der Waals surface area contributed by atoms with E-state index in [2.05, 4.69) is 188 Å². The minimum atomic E-state index is -0.465. The van der Waals surface area contributed by atoms with Gasteiger partial charge in [0.25, 0.3) is 0 Å². The van der Waals surface area contributed by atoms with Crippen molar-refractivity contribution < 1.29 is 0 Å². The summed E-state index contributed by atoms with van der Waals surface area (Å²) in [6.45, 7) is 0. The van der Waals surface area contributed by atoms with Crippen molar-refractivity contribution in [2.24, 2.45) is 0 Å². The van der Waals surface area contributed by atoms with Crippen LogP contribution in [0.4, 0.5) is 0 Å². The normalized spacial score (nSPS) is 15.0. The van der Waals surface area contributed by atoms with Gasteiger partial charge in [-0.1, -0.05) is 152 Å². The van der Waals surface area contributed by atoms with E-state index in [0.717, 1.165) is 22.5 Å². The van der Waals surface area contributed by atoms with Crippen LogP contribution in [0.15, 0.2) is 194 Å². The minimum Gasteiger partial charge on any atom is -0.256 e. The summed E-state index contributed by atoms with van der Waals surface area (Å²) < 4.78 is 0. The number of benzene rings is 8. The topological polar surface area (TPSA) is 25.8 Å². The molecule has 0 N–H and O–H groups in total. The Labute approximate surface area is 319 Å². The second-order valence-corrected chi connectivity index (χ2v) is 14.9. The lowest BCUT2D eigenvalue weighted by Crippen LogP contribution is -2.26. The SMILES string of the molecule is c1ccc2c(c1)-c1ncccc1C21c2ccccc2-c2ncc(-c3ccc4cc(-c5cccc6c(-c7ccc8ccccc8c7)cccc56)ccc4c3)cc21. The van der Waals surface area contributed by atoms with E-state index in [0.29, 0.717) is 0 Å². The van der Waals surface area contributed by atoms with Gasteiger partial charge in [-0.15, -0.1) is 0 Å². The maximum atomic E-state index is 5.23. The molecule has 1 spiro atoms. The molecule has 2 aliphatic carbocycles. The molecule has 2 nitrogen and oxygen atoms in total. The Hall–Kier alpha value is -7.16. The summed E-state index contributed by atoms with van der Waals surface area (Å²) in [5.74, 6) is 0. The highest BCUT2D eigenvalue weighted by atomic mass is 14.8. The third-order valence-corrected chi connectivity index (χ3v) is 12.1. The number of rotatable bonds is 3. The predicted octanol–water partition coefficient (Wildman–Crippen LogP) is 13.3. The average molecular weight is 697 g/mol. The maximum Gasteiger partial charge on any atom is 0.0757 e. The van der Waals surface area contributed by atoms with Gasteiger partial charge < -0.3 is 0 Å².